The van der Waals surface area contributed by atoms with Crippen LogP contribution in [0.5, 0.6) is 0 Å². The van der Waals surface area contributed by atoms with Crippen LogP contribution in [0.1, 0.15) is 26.5 Å². The molecule has 0 spiro atoms. The second kappa shape index (κ2) is 5.41. The Morgan fingerprint density at radius 1 is 1.43 bits per heavy atom. The highest BCUT2D eigenvalue weighted by atomic mass is 16.6. The smallest absolute Gasteiger partial charge is 0.354 e. The lowest BCUT2D eigenvalue weighted by Crippen LogP contribution is -2.17. The van der Waals surface area contributed by atoms with Gasteiger partial charge < -0.3 is 15.4 Å². The average Bonchev–Trinajstić information content (AvgIpc) is 2.90. The predicted molar refractivity (Wildman–Crippen MR) is 71.3 cm³/mol. The maximum absolute atomic E-state index is 12.0. The van der Waals surface area contributed by atoms with Gasteiger partial charge in [0.25, 0.3) is 11.6 Å². The number of carboxylic acids is 1. The van der Waals surface area contributed by atoms with E-state index in [9.17, 15) is 19.7 Å². The maximum Gasteiger partial charge on any atom is 0.354 e. The van der Waals surface area contributed by atoms with Gasteiger partial charge in [0, 0.05) is 12.1 Å². The lowest BCUT2D eigenvalue weighted by molar-refractivity contribution is -0.384. The molecule has 0 unspecified atom stereocenters. The summed E-state index contributed by atoms with van der Waals surface area (Å²) in [5, 5.41) is 22.0. The van der Waals surface area contributed by atoms with Crippen LogP contribution in [0.25, 0.3) is 0 Å². The summed E-state index contributed by atoms with van der Waals surface area (Å²) < 4.78 is 0. The Balaban J connectivity index is 2.31. The lowest BCUT2D eigenvalue weighted by Gasteiger charge is -2.07. The fourth-order valence-electron chi connectivity index (χ4n) is 1.67. The van der Waals surface area contributed by atoms with Crippen LogP contribution in [0.4, 0.5) is 11.4 Å². The van der Waals surface area contributed by atoms with Crippen molar-refractivity contribution < 1.29 is 19.6 Å². The number of carbonyl (C=O) groups is 2. The average molecular weight is 290 g/mol. The third-order valence-corrected chi connectivity index (χ3v) is 2.75. The Morgan fingerprint density at radius 2 is 2.14 bits per heavy atom. The molecule has 0 saturated carbocycles. The highest BCUT2D eigenvalue weighted by molar-refractivity contribution is 6.09. The molecule has 1 aromatic heterocycles. The second-order valence-electron chi connectivity index (χ2n) is 4.14. The molecule has 0 radical (unpaired) electrons. The summed E-state index contributed by atoms with van der Waals surface area (Å²) in [7, 11) is 0. The number of aromatic carboxylic acids is 1. The first-order chi connectivity index (χ1) is 9.90. The van der Waals surface area contributed by atoms with E-state index in [4.69, 9.17) is 5.11 Å². The number of aromatic amines is 1. The van der Waals surface area contributed by atoms with Crippen LogP contribution >= 0.6 is 0 Å². The summed E-state index contributed by atoms with van der Waals surface area (Å²) in [6.07, 6.45) is 1.08. The molecular formula is C12H10N4O5. The number of anilines is 1. The number of non-ortho nitro benzene ring substituents is 1. The van der Waals surface area contributed by atoms with Crippen LogP contribution in [0.2, 0.25) is 0 Å². The number of aryl methyl sites for hydroxylation is 1. The number of nitro benzene ring substituents is 1. The number of benzene rings is 1. The standard InChI is InChI=1S/C12H10N4O5/c1-6-2-3-7(16(20)21)4-8(6)15-11(17)9-10(12(18)19)14-5-13-9/h2-5H,1H3,(H,13,14)(H,15,17)(H,18,19). The number of nitrogens with one attached hydrogen (secondary N) is 2. The molecule has 2 rings (SSSR count). The number of carboxylic acid groups (broad SMARTS) is 1. The van der Waals surface area contributed by atoms with E-state index in [1.165, 1.54) is 18.2 Å². The molecule has 0 aliphatic rings. The molecule has 108 valence electrons. The van der Waals surface area contributed by atoms with Gasteiger partial charge in [-0.1, -0.05) is 6.07 Å². The van der Waals surface area contributed by atoms with E-state index in [1.54, 1.807) is 6.92 Å². The minimum absolute atomic E-state index is 0.184. The topological polar surface area (TPSA) is 138 Å². The third-order valence-electron chi connectivity index (χ3n) is 2.75. The lowest BCUT2D eigenvalue weighted by atomic mass is 10.1. The van der Waals surface area contributed by atoms with Crippen LogP contribution in [-0.4, -0.2) is 31.9 Å². The number of imidazole rings is 1. The first-order valence-corrected chi connectivity index (χ1v) is 5.73. The number of hydrogen-bond acceptors (Lipinski definition) is 5. The molecule has 21 heavy (non-hydrogen) atoms. The summed E-state index contributed by atoms with van der Waals surface area (Å²) >= 11 is 0. The fraction of sp³-hybridized carbons (Fsp3) is 0.0833. The van der Waals surface area contributed by atoms with Crippen molar-refractivity contribution in [2.75, 3.05) is 5.32 Å². The van der Waals surface area contributed by atoms with Crippen molar-refractivity contribution in [3.63, 3.8) is 0 Å². The Hall–Kier alpha value is -3.23. The monoisotopic (exact) mass is 290 g/mol. The van der Waals surface area contributed by atoms with E-state index in [0.717, 1.165) is 6.33 Å². The first-order valence-electron chi connectivity index (χ1n) is 5.73. The van der Waals surface area contributed by atoms with Gasteiger partial charge in [-0.25, -0.2) is 9.78 Å². The molecule has 1 heterocycles. The number of nitrogens with zero attached hydrogens (tertiary/aromatic N) is 2. The number of amides is 1. The molecule has 0 atom stereocenters. The van der Waals surface area contributed by atoms with Gasteiger partial charge in [0.15, 0.2) is 11.4 Å². The van der Waals surface area contributed by atoms with Crippen molar-refractivity contribution in [1.29, 1.82) is 0 Å². The maximum atomic E-state index is 12.0. The van der Waals surface area contributed by atoms with Crippen molar-refractivity contribution >= 4 is 23.3 Å². The number of nitro groups is 1. The molecule has 9 heteroatoms. The second-order valence-corrected chi connectivity index (χ2v) is 4.14. The van der Waals surface area contributed by atoms with E-state index in [-0.39, 0.29) is 22.8 Å². The summed E-state index contributed by atoms with van der Waals surface area (Å²) in [5.41, 5.74) is -0.0183. The van der Waals surface area contributed by atoms with E-state index in [1.807, 2.05) is 0 Å². The predicted octanol–water partition coefficient (Wildman–Crippen LogP) is 1.58. The summed E-state index contributed by atoms with van der Waals surface area (Å²) in [5.74, 6) is -2.09. The van der Waals surface area contributed by atoms with E-state index >= 15 is 0 Å². The van der Waals surface area contributed by atoms with Gasteiger partial charge in [-0.05, 0) is 12.5 Å². The van der Waals surface area contributed by atoms with E-state index < -0.39 is 16.8 Å². The van der Waals surface area contributed by atoms with Gasteiger partial charge in [-0.2, -0.15) is 0 Å². The minimum atomic E-state index is -1.33. The molecule has 0 fully saturated rings. The van der Waals surface area contributed by atoms with Crippen molar-refractivity contribution in [3.05, 3.63) is 51.6 Å². The van der Waals surface area contributed by atoms with E-state index in [0.29, 0.717) is 5.56 Å². The molecule has 0 aliphatic carbocycles. The van der Waals surface area contributed by atoms with Gasteiger partial charge in [-0.3, -0.25) is 14.9 Å². The summed E-state index contributed by atoms with van der Waals surface area (Å²) in [6.45, 7) is 1.65. The zero-order chi connectivity index (χ0) is 15.6. The van der Waals surface area contributed by atoms with Crippen LogP contribution in [0, 0.1) is 17.0 Å². The molecule has 0 saturated heterocycles. The summed E-state index contributed by atoms with van der Waals surface area (Å²) in [6, 6.07) is 3.99. The van der Waals surface area contributed by atoms with Gasteiger partial charge in [0.1, 0.15) is 0 Å². The zero-order valence-electron chi connectivity index (χ0n) is 10.8. The van der Waals surface area contributed by atoms with Crippen molar-refractivity contribution in [2.24, 2.45) is 0 Å². The van der Waals surface area contributed by atoms with Gasteiger partial charge in [-0.15, -0.1) is 0 Å². The number of rotatable bonds is 4. The molecule has 0 aliphatic heterocycles. The molecule has 2 aromatic rings. The van der Waals surface area contributed by atoms with Crippen molar-refractivity contribution in [1.82, 2.24) is 9.97 Å². The highest BCUT2D eigenvalue weighted by Gasteiger charge is 2.20. The number of carbonyl (C=O) groups excluding carboxylic acids is 1. The normalized spacial score (nSPS) is 10.1. The highest BCUT2D eigenvalue weighted by Crippen LogP contribution is 2.22. The Bertz CT molecular complexity index is 737. The molecule has 0 bridgehead atoms. The van der Waals surface area contributed by atoms with Gasteiger partial charge >= 0.3 is 5.97 Å². The molecule has 1 aromatic carbocycles. The zero-order valence-corrected chi connectivity index (χ0v) is 10.8. The molecule has 9 nitrogen and oxygen atoms in total. The van der Waals surface area contributed by atoms with Gasteiger partial charge in [0.05, 0.1) is 16.9 Å². The quantitative estimate of drug-likeness (QED) is 0.577. The van der Waals surface area contributed by atoms with Gasteiger partial charge in [0.2, 0.25) is 0 Å². The Kier molecular flexibility index (Phi) is 3.65. The third kappa shape index (κ3) is 2.86. The minimum Gasteiger partial charge on any atom is -0.477 e. The number of hydrogen-bond donors (Lipinski definition) is 3. The Morgan fingerprint density at radius 3 is 2.76 bits per heavy atom. The Labute approximate surface area is 117 Å². The van der Waals surface area contributed by atoms with E-state index in [2.05, 4.69) is 15.3 Å². The number of H-pyrrole nitrogens is 1. The van der Waals surface area contributed by atoms with Crippen LogP contribution in [0.3, 0.4) is 0 Å². The SMILES string of the molecule is Cc1ccc([N+](=O)[O-])cc1NC(=O)c1nc[nH]c1C(=O)O. The largest absolute Gasteiger partial charge is 0.477 e. The fourth-order valence-corrected chi connectivity index (χ4v) is 1.67. The first kappa shape index (κ1) is 14.2. The van der Waals surface area contributed by atoms with Crippen LogP contribution in [-0.2, 0) is 0 Å². The molecular weight excluding hydrogens is 280 g/mol. The molecule has 1 amide bonds. The van der Waals surface area contributed by atoms with Crippen molar-refractivity contribution in [2.45, 2.75) is 6.92 Å². The summed E-state index contributed by atoms with van der Waals surface area (Å²) in [4.78, 5) is 39.0. The van der Waals surface area contributed by atoms with Crippen LogP contribution < -0.4 is 5.32 Å². The van der Waals surface area contributed by atoms with Crippen molar-refractivity contribution in [3.8, 4) is 0 Å². The molecule has 3 N–H and O–H groups in total. The number of aromatic nitrogens is 2. The van der Waals surface area contributed by atoms with Crippen LogP contribution in [0.15, 0.2) is 24.5 Å².